The Labute approximate surface area is 102 Å². The summed E-state index contributed by atoms with van der Waals surface area (Å²) in [7, 11) is -2.82. The third-order valence-electron chi connectivity index (χ3n) is 1.94. The number of benzene rings is 1. The second-order valence-corrected chi connectivity index (χ2v) is 4.63. The van der Waals surface area contributed by atoms with Crippen LogP contribution < -0.4 is 14.9 Å². The van der Waals surface area contributed by atoms with Gasteiger partial charge < -0.3 is 15.3 Å². The fourth-order valence-corrected chi connectivity index (χ4v) is 1.91. The Morgan fingerprint density at radius 3 is 2.67 bits per heavy atom. The van der Waals surface area contributed by atoms with E-state index in [9.17, 15) is 13.2 Å². The van der Waals surface area contributed by atoms with Crippen molar-refractivity contribution in [3.05, 3.63) is 18.2 Å². The fourth-order valence-electron chi connectivity index (χ4n) is 1.16. The van der Waals surface area contributed by atoms with Crippen LogP contribution in [-0.4, -0.2) is 26.8 Å². The summed E-state index contributed by atoms with van der Waals surface area (Å²) in [5, 5.41) is 13.2. The standard InChI is InChI=1S/C8H10N4O5S/c1-17-5-2-3-7(18(15,16)12-14)6(4-5)10-8(13)11-9/h2-4,9,12,14H,1H3,(H,10,13). The zero-order valence-electron chi connectivity index (χ0n) is 9.17. The van der Waals surface area contributed by atoms with Gasteiger partial charge in [-0.05, 0) is 12.1 Å². The molecule has 0 saturated heterocycles. The number of nitrogens with zero attached hydrogens (tertiary/aromatic N) is 1. The number of carbonyl (C=O) groups is 1. The lowest BCUT2D eigenvalue weighted by Crippen LogP contribution is -2.21. The number of hydrogen-bond acceptors (Lipinski definition) is 6. The van der Waals surface area contributed by atoms with E-state index in [-0.39, 0.29) is 16.3 Å². The van der Waals surface area contributed by atoms with Crippen LogP contribution in [-0.2, 0) is 10.0 Å². The molecule has 0 fully saturated rings. The molecule has 1 aromatic rings. The van der Waals surface area contributed by atoms with Gasteiger partial charge in [0.25, 0.3) is 10.0 Å². The third kappa shape index (κ3) is 3.00. The number of ether oxygens (including phenoxy) is 1. The van der Waals surface area contributed by atoms with Crippen molar-refractivity contribution >= 4 is 21.7 Å². The molecule has 0 unspecified atom stereocenters. The molecule has 0 radical (unpaired) electrons. The first-order valence-corrected chi connectivity index (χ1v) is 5.95. The first kappa shape index (κ1) is 14.0. The van der Waals surface area contributed by atoms with Gasteiger partial charge in [0, 0.05) is 6.07 Å². The van der Waals surface area contributed by atoms with Crippen LogP contribution in [0, 0.1) is 5.53 Å². The maximum atomic E-state index is 11.5. The van der Waals surface area contributed by atoms with E-state index in [1.807, 2.05) is 0 Å². The summed E-state index contributed by atoms with van der Waals surface area (Å²) in [5.41, 5.74) is 6.33. The average molecular weight is 274 g/mol. The van der Waals surface area contributed by atoms with Crippen LogP contribution in [0.2, 0.25) is 0 Å². The van der Waals surface area contributed by atoms with E-state index in [4.69, 9.17) is 15.5 Å². The van der Waals surface area contributed by atoms with Crippen molar-refractivity contribution in [3.63, 3.8) is 0 Å². The van der Waals surface area contributed by atoms with Crippen molar-refractivity contribution in [2.45, 2.75) is 4.90 Å². The predicted octanol–water partition coefficient (Wildman–Crippen LogP) is 0.926. The monoisotopic (exact) mass is 274 g/mol. The highest BCUT2D eigenvalue weighted by Gasteiger charge is 2.19. The van der Waals surface area contributed by atoms with Crippen molar-refractivity contribution in [1.82, 2.24) is 4.89 Å². The van der Waals surface area contributed by atoms with E-state index in [0.717, 1.165) is 11.0 Å². The summed E-state index contributed by atoms with van der Waals surface area (Å²) < 4.78 is 27.8. The normalized spacial score (nSPS) is 10.8. The van der Waals surface area contributed by atoms with E-state index in [2.05, 4.69) is 10.4 Å². The Morgan fingerprint density at radius 2 is 2.17 bits per heavy atom. The van der Waals surface area contributed by atoms with Crippen molar-refractivity contribution in [2.75, 3.05) is 12.4 Å². The van der Waals surface area contributed by atoms with Crippen LogP contribution in [0.25, 0.3) is 0 Å². The molecule has 0 bridgehead atoms. The highest BCUT2D eigenvalue weighted by Crippen LogP contribution is 2.26. The van der Waals surface area contributed by atoms with Gasteiger partial charge in [-0.2, -0.15) is 5.53 Å². The van der Waals surface area contributed by atoms with Gasteiger partial charge in [-0.1, -0.05) is 10.00 Å². The lowest BCUT2D eigenvalue weighted by Gasteiger charge is -2.10. The Kier molecular flexibility index (Phi) is 4.31. The molecule has 0 saturated carbocycles. The summed E-state index contributed by atoms with van der Waals surface area (Å²) >= 11 is 0. The number of rotatable bonds is 4. The minimum absolute atomic E-state index is 0.170. The molecule has 9 nitrogen and oxygen atoms in total. The van der Waals surface area contributed by atoms with Crippen molar-refractivity contribution in [2.24, 2.45) is 5.11 Å². The van der Waals surface area contributed by atoms with Gasteiger partial charge in [0.1, 0.15) is 10.6 Å². The van der Waals surface area contributed by atoms with E-state index >= 15 is 0 Å². The van der Waals surface area contributed by atoms with Gasteiger partial charge in [0.05, 0.1) is 12.8 Å². The lowest BCUT2D eigenvalue weighted by atomic mass is 10.3. The number of methoxy groups -OCH3 is 1. The number of anilines is 1. The molecule has 0 aliphatic heterocycles. The van der Waals surface area contributed by atoms with Crippen molar-refractivity contribution < 1.29 is 23.2 Å². The molecule has 2 amide bonds. The molecule has 0 aliphatic carbocycles. The van der Waals surface area contributed by atoms with E-state index < -0.39 is 16.1 Å². The molecule has 10 heteroatoms. The molecule has 18 heavy (non-hydrogen) atoms. The number of nitrogens with one attached hydrogen (secondary N) is 3. The molecular weight excluding hydrogens is 264 g/mol. The van der Waals surface area contributed by atoms with Gasteiger partial charge in [-0.3, -0.25) is 0 Å². The number of hydrogen-bond donors (Lipinski definition) is 4. The quantitative estimate of drug-likeness (QED) is 0.477. The maximum Gasteiger partial charge on any atom is 0.363 e. The van der Waals surface area contributed by atoms with E-state index in [1.54, 1.807) is 0 Å². The van der Waals surface area contributed by atoms with Gasteiger partial charge in [-0.25, -0.2) is 13.2 Å². The smallest absolute Gasteiger partial charge is 0.363 e. The summed E-state index contributed by atoms with van der Waals surface area (Å²) in [4.78, 5) is 11.7. The zero-order valence-corrected chi connectivity index (χ0v) is 9.98. The van der Waals surface area contributed by atoms with Crippen LogP contribution in [0.15, 0.2) is 28.2 Å². The first-order valence-electron chi connectivity index (χ1n) is 4.47. The first-order chi connectivity index (χ1) is 8.44. The molecule has 1 aromatic carbocycles. The van der Waals surface area contributed by atoms with Crippen LogP contribution in [0.5, 0.6) is 5.75 Å². The predicted molar refractivity (Wildman–Crippen MR) is 59.3 cm³/mol. The molecule has 4 N–H and O–H groups in total. The van der Waals surface area contributed by atoms with Crippen LogP contribution in [0.1, 0.15) is 0 Å². The minimum Gasteiger partial charge on any atom is -0.497 e. The second-order valence-electron chi connectivity index (χ2n) is 3.00. The molecule has 98 valence electrons. The molecule has 0 heterocycles. The van der Waals surface area contributed by atoms with Crippen LogP contribution in [0.3, 0.4) is 0 Å². The van der Waals surface area contributed by atoms with E-state index in [0.29, 0.717) is 0 Å². The van der Waals surface area contributed by atoms with Crippen LogP contribution in [0.4, 0.5) is 10.5 Å². The highest BCUT2D eigenvalue weighted by atomic mass is 32.2. The highest BCUT2D eigenvalue weighted by molar-refractivity contribution is 7.89. The average Bonchev–Trinajstić information content (AvgIpc) is 2.38. The SMILES string of the molecule is COc1ccc(S(=O)(=O)NO)c(NC(=O)N=N)c1. The summed E-state index contributed by atoms with van der Waals surface area (Å²) in [6, 6.07) is 2.61. The largest absolute Gasteiger partial charge is 0.497 e. The topological polar surface area (TPSA) is 141 Å². The van der Waals surface area contributed by atoms with Gasteiger partial charge in [-0.15, -0.1) is 0 Å². The zero-order chi connectivity index (χ0) is 13.8. The minimum atomic E-state index is -4.18. The molecular formula is C8H10N4O5S. The molecule has 0 aliphatic rings. The summed E-state index contributed by atoms with van der Waals surface area (Å²) in [6.07, 6.45) is 0. The Morgan fingerprint density at radius 1 is 1.50 bits per heavy atom. The fraction of sp³-hybridized carbons (Fsp3) is 0.125. The summed E-state index contributed by atoms with van der Waals surface area (Å²) in [5.74, 6) is 0.284. The second kappa shape index (κ2) is 5.53. The lowest BCUT2D eigenvalue weighted by molar-refractivity contribution is 0.242. The van der Waals surface area contributed by atoms with Crippen molar-refractivity contribution in [3.8, 4) is 5.75 Å². The molecule has 0 spiro atoms. The number of urea groups is 1. The van der Waals surface area contributed by atoms with Gasteiger partial charge >= 0.3 is 6.03 Å². The van der Waals surface area contributed by atoms with Gasteiger partial charge in [0.15, 0.2) is 0 Å². The molecule has 1 rings (SSSR count). The third-order valence-corrected chi connectivity index (χ3v) is 3.11. The Hall–Kier alpha value is -2.04. The molecule has 0 aromatic heterocycles. The van der Waals surface area contributed by atoms with Gasteiger partial charge in [0.2, 0.25) is 0 Å². The Bertz CT molecular complexity index is 571. The number of sulfonamides is 1. The number of carbonyl (C=O) groups excluding carboxylic acids is 1. The number of amides is 2. The maximum absolute atomic E-state index is 11.5. The van der Waals surface area contributed by atoms with Crippen LogP contribution >= 0.6 is 0 Å². The van der Waals surface area contributed by atoms with Crippen molar-refractivity contribution in [1.29, 1.82) is 5.53 Å². The molecule has 0 atom stereocenters. The van der Waals surface area contributed by atoms with E-state index in [1.165, 1.54) is 19.2 Å². The Balaban J connectivity index is 3.33. The summed E-state index contributed by atoms with van der Waals surface area (Å²) in [6.45, 7) is 0.